The van der Waals surface area contributed by atoms with Gasteiger partial charge in [-0.25, -0.2) is 0 Å². The third-order valence-corrected chi connectivity index (χ3v) is 4.20. The minimum Gasteiger partial charge on any atom is -0.467 e. The molecule has 0 radical (unpaired) electrons. The number of hydrogen-bond donors (Lipinski definition) is 1. The number of benzene rings is 2. The highest BCUT2D eigenvalue weighted by molar-refractivity contribution is 6.13. The van der Waals surface area contributed by atoms with E-state index in [0.717, 1.165) is 28.0 Å². The van der Waals surface area contributed by atoms with Crippen LogP contribution < -0.4 is 5.32 Å². The maximum absolute atomic E-state index is 5.71. The van der Waals surface area contributed by atoms with E-state index in [9.17, 15) is 0 Å². The van der Waals surface area contributed by atoms with Crippen LogP contribution in [0.25, 0.3) is 21.7 Å². The summed E-state index contributed by atoms with van der Waals surface area (Å²) in [7, 11) is 0. The molecule has 0 bridgehead atoms. The second-order valence-corrected chi connectivity index (χ2v) is 5.59. The predicted octanol–water partition coefficient (Wildman–Crippen LogP) is 5.66. The van der Waals surface area contributed by atoms with Gasteiger partial charge in [0.25, 0.3) is 0 Å². The van der Waals surface area contributed by atoms with Gasteiger partial charge in [0.15, 0.2) is 0 Å². The van der Waals surface area contributed by atoms with Crippen LogP contribution in [-0.4, -0.2) is 0 Å². The zero-order valence-electron chi connectivity index (χ0n) is 12.6. The molecule has 1 N–H and O–H groups in total. The van der Waals surface area contributed by atoms with Gasteiger partial charge in [0.2, 0.25) is 0 Å². The number of nitrogens with one attached hydrogen (secondary N) is 1. The molecule has 0 spiro atoms. The number of furan rings is 2. The molecule has 3 nitrogen and oxygen atoms in total. The molecular formula is C19H17NO2. The Labute approximate surface area is 128 Å². The van der Waals surface area contributed by atoms with E-state index in [0.29, 0.717) is 0 Å². The van der Waals surface area contributed by atoms with Crippen LogP contribution in [0.5, 0.6) is 0 Å². The molecule has 1 unspecified atom stereocenters. The maximum Gasteiger partial charge on any atom is 0.139 e. The molecule has 110 valence electrons. The monoisotopic (exact) mass is 291 g/mol. The first-order chi connectivity index (χ1) is 10.8. The van der Waals surface area contributed by atoms with Crippen LogP contribution in [0.2, 0.25) is 0 Å². The quantitative estimate of drug-likeness (QED) is 0.529. The summed E-state index contributed by atoms with van der Waals surface area (Å²) in [6, 6.07) is 14.4. The summed E-state index contributed by atoms with van der Waals surface area (Å²) >= 11 is 0. The molecule has 0 aliphatic carbocycles. The largest absolute Gasteiger partial charge is 0.467 e. The van der Waals surface area contributed by atoms with Gasteiger partial charge in [0, 0.05) is 22.0 Å². The van der Waals surface area contributed by atoms with Gasteiger partial charge in [0.05, 0.1) is 18.6 Å². The van der Waals surface area contributed by atoms with Gasteiger partial charge in [-0.05, 0) is 37.4 Å². The highest BCUT2D eigenvalue weighted by atomic mass is 16.3. The van der Waals surface area contributed by atoms with Crippen molar-refractivity contribution in [2.24, 2.45) is 0 Å². The van der Waals surface area contributed by atoms with Crippen LogP contribution in [0.3, 0.4) is 0 Å². The Bertz CT molecular complexity index is 935. The Balaban J connectivity index is 1.93. The lowest BCUT2D eigenvalue weighted by Crippen LogP contribution is -2.07. The SMILES string of the molecule is Cc1c(NC(C)c2ccco2)c2ccccc2c2ccoc12. The first-order valence-electron chi connectivity index (χ1n) is 7.44. The van der Waals surface area contributed by atoms with Gasteiger partial charge < -0.3 is 14.2 Å². The van der Waals surface area contributed by atoms with Crippen molar-refractivity contribution in [2.75, 3.05) is 5.32 Å². The fourth-order valence-corrected chi connectivity index (χ4v) is 3.07. The van der Waals surface area contributed by atoms with Gasteiger partial charge in [-0.3, -0.25) is 0 Å². The molecule has 0 fully saturated rings. The van der Waals surface area contributed by atoms with Crippen molar-refractivity contribution in [3.63, 3.8) is 0 Å². The van der Waals surface area contributed by atoms with Gasteiger partial charge in [-0.1, -0.05) is 24.3 Å². The van der Waals surface area contributed by atoms with Gasteiger partial charge in [0.1, 0.15) is 11.3 Å². The normalized spacial score (nSPS) is 12.8. The Kier molecular flexibility index (Phi) is 2.93. The fourth-order valence-electron chi connectivity index (χ4n) is 3.07. The topological polar surface area (TPSA) is 38.3 Å². The summed E-state index contributed by atoms with van der Waals surface area (Å²) in [5.41, 5.74) is 3.16. The molecule has 4 aromatic rings. The van der Waals surface area contributed by atoms with E-state index in [-0.39, 0.29) is 6.04 Å². The van der Waals surface area contributed by atoms with Crippen LogP contribution in [-0.2, 0) is 0 Å². The minimum atomic E-state index is 0.0875. The first kappa shape index (κ1) is 13.0. The molecule has 0 amide bonds. The van der Waals surface area contributed by atoms with E-state index in [4.69, 9.17) is 8.83 Å². The van der Waals surface area contributed by atoms with Crippen molar-refractivity contribution < 1.29 is 8.83 Å². The maximum atomic E-state index is 5.71. The summed E-state index contributed by atoms with van der Waals surface area (Å²) in [5.74, 6) is 0.919. The third kappa shape index (κ3) is 1.90. The van der Waals surface area contributed by atoms with Crippen molar-refractivity contribution in [3.05, 3.63) is 66.3 Å². The average Bonchev–Trinajstić information content (AvgIpc) is 3.22. The first-order valence-corrected chi connectivity index (χ1v) is 7.44. The molecule has 22 heavy (non-hydrogen) atoms. The summed E-state index contributed by atoms with van der Waals surface area (Å²) in [6.07, 6.45) is 3.46. The Hall–Kier alpha value is -2.68. The molecular weight excluding hydrogens is 274 g/mol. The zero-order valence-corrected chi connectivity index (χ0v) is 12.6. The molecule has 2 heterocycles. The lowest BCUT2D eigenvalue weighted by Gasteiger charge is -2.18. The number of hydrogen-bond acceptors (Lipinski definition) is 3. The van der Waals surface area contributed by atoms with Crippen molar-refractivity contribution in [1.82, 2.24) is 0 Å². The van der Waals surface area contributed by atoms with E-state index in [1.807, 2.05) is 18.2 Å². The molecule has 1 atom stereocenters. The molecule has 0 saturated carbocycles. The van der Waals surface area contributed by atoms with Crippen LogP contribution in [0.15, 0.2) is 63.8 Å². The van der Waals surface area contributed by atoms with Crippen molar-refractivity contribution in [2.45, 2.75) is 19.9 Å². The van der Waals surface area contributed by atoms with Crippen LogP contribution in [0.4, 0.5) is 5.69 Å². The zero-order chi connectivity index (χ0) is 15.1. The summed E-state index contributed by atoms with van der Waals surface area (Å²) in [4.78, 5) is 0. The lowest BCUT2D eigenvalue weighted by molar-refractivity contribution is 0.490. The number of fused-ring (bicyclic) bond motifs is 3. The lowest BCUT2D eigenvalue weighted by atomic mass is 10.00. The molecule has 0 aliphatic heterocycles. The summed E-state index contributed by atoms with van der Waals surface area (Å²) in [5, 5.41) is 7.14. The van der Waals surface area contributed by atoms with E-state index >= 15 is 0 Å². The molecule has 0 aliphatic rings. The van der Waals surface area contributed by atoms with Crippen LogP contribution in [0, 0.1) is 6.92 Å². The average molecular weight is 291 g/mol. The molecule has 4 rings (SSSR count). The number of aryl methyl sites for hydroxylation is 1. The van der Waals surface area contributed by atoms with Gasteiger partial charge in [-0.15, -0.1) is 0 Å². The fraction of sp³-hybridized carbons (Fsp3) is 0.158. The predicted molar refractivity (Wildman–Crippen MR) is 89.2 cm³/mol. The van der Waals surface area contributed by atoms with Crippen LogP contribution >= 0.6 is 0 Å². The standard InChI is InChI=1S/C19H17NO2/c1-12-18(20-13(2)17-8-5-10-21-17)15-7-4-3-6-14(15)16-9-11-22-19(12)16/h3-11,13,20H,1-2H3. The molecule has 3 heteroatoms. The highest BCUT2D eigenvalue weighted by Gasteiger charge is 2.16. The van der Waals surface area contributed by atoms with E-state index < -0.39 is 0 Å². The van der Waals surface area contributed by atoms with Crippen molar-refractivity contribution in [1.29, 1.82) is 0 Å². The van der Waals surface area contributed by atoms with Gasteiger partial charge >= 0.3 is 0 Å². The van der Waals surface area contributed by atoms with E-state index in [1.54, 1.807) is 12.5 Å². The van der Waals surface area contributed by atoms with Gasteiger partial charge in [-0.2, -0.15) is 0 Å². The number of rotatable bonds is 3. The van der Waals surface area contributed by atoms with Crippen molar-refractivity contribution >= 4 is 27.4 Å². The minimum absolute atomic E-state index is 0.0875. The van der Waals surface area contributed by atoms with E-state index in [1.165, 1.54) is 10.8 Å². The van der Waals surface area contributed by atoms with Crippen molar-refractivity contribution in [3.8, 4) is 0 Å². The summed E-state index contributed by atoms with van der Waals surface area (Å²) in [6.45, 7) is 4.19. The molecule has 2 aromatic carbocycles. The Morgan fingerprint density at radius 3 is 2.45 bits per heavy atom. The third-order valence-electron chi connectivity index (χ3n) is 4.20. The Morgan fingerprint density at radius 1 is 0.864 bits per heavy atom. The highest BCUT2D eigenvalue weighted by Crippen LogP contribution is 2.38. The molecule has 2 aromatic heterocycles. The van der Waals surface area contributed by atoms with Crippen LogP contribution in [0.1, 0.15) is 24.3 Å². The Morgan fingerprint density at radius 2 is 1.68 bits per heavy atom. The molecule has 0 saturated heterocycles. The van der Waals surface area contributed by atoms with E-state index in [2.05, 4.69) is 43.4 Å². The number of anilines is 1. The summed E-state index contributed by atoms with van der Waals surface area (Å²) < 4.78 is 11.2. The second-order valence-electron chi connectivity index (χ2n) is 5.59. The smallest absolute Gasteiger partial charge is 0.139 e. The second kappa shape index (κ2) is 4.95.